The summed E-state index contributed by atoms with van der Waals surface area (Å²) in [6.07, 6.45) is -2.41. The van der Waals surface area contributed by atoms with E-state index >= 15 is 0 Å². The first kappa shape index (κ1) is 25.3. The van der Waals surface area contributed by atoms with Gasteiger partial charge in [-0.3, -0.25) is 9.80 Å². The lowest BCUT2D eigenvalue weighted by Crippen LogP contribution is -2.41. The number of methoxy groups -OCH3 is 1. The van der Waals surface area contributed by atoms with Gasteiger partial charge in [0.05, 0.1) is 25.9 Å². The Morgan fingerprint density at radius 3 is 2.49 bits per heavy atom. The Hall–Kier alpha value is -2.81. The second-order valence-electron chi connectivity index (χ2n) is 8.84. The summed E-state index contributed by atoms with van der Waals surface area (Å²) in [5.41, 5.74) is 2.23. The van der Waals surface area contributed by atoms with Gasteiger partial charge in [0.1, 0.15) is 5.75 Å². The Labute approximate surface area is 204 Å². The van der Waals surface area contributed by atoms with E-state index < -0.39 is 11.7 Å². The molecule has 0 saturated carbocycles. The van der Waals surface area contributed by atoms with E-state index in [1.807, 2.05) is 41.1 Å². The SMILES string of the molecule is COc1cccc(CN(CCN2CCOCC2)Cc2cccn2Cc2cccc(C(F)(F)F)c2)c1. The highest BCUT2D eigenvalue weighted by Crippen LogP contribution is 2.29. The molecule has 8 heteroatoms. The van der Waals surface area contributed by atoms with Gasteiger partial charge in [-0.25, -0.2) is 0 Å². The van der Waals surface area contributed by atoms with Gasteiger partial charge in [-0.05, 0) is 47.5 Å². The molecule has 5 nitrogen and oxygen atoms in total. The molecule has 0 amide bonds. The molecule has 1 fully saturated rings. The molecule has 188 valence electrons. The van der Waals surface area contributed by atoms with Crippen LogP contribution in [-0.4, -0.2) is 60.9 Å². The molecule has 0 aliphatic carbocycles. The van der Waals surface area contributed by atoms with Gasteiger partial charge < -0.3 is 14.0 Å². The molecule has 0 atom stereocenters. The lowest BCUT2D eigenvalue weighted by Gasteiger charge is -2.30. The number of morpholine rings is 1. The number of ether oxygens (including phenoxy) is 2. The van der Waals surface area contributed by atoms with Gasteiger partial charge in [0.15, 0.2) is 0 Å². The molecule has 35 heavy (non-hydrogen) atoms. The first-order chi connectivity index (χ1) is 16.9. The lowest BCUT2D eigenvalue weighted by atomic mass is 10.1. The third-order valence-corrected chi connectivity index (χ3v) is 6.29. The molecule has 1 aromatic heterocycles. The minimum Gasteiger partial charge on any atom is -0.497 e. The molecular weight excluding hydrogens is 455 g/mol. The molecule has 0 bridgehead atoms. The van der Waals surface area contributed by atoms with Crippen molar-refractivity contribution in [2.24, 2.45) is 0 Å². The molecule has 0 unspecified atom stereocenters. The van der Waals surface area contributed by atoms with E-state index in [-0.39, 0.29) is 0 Å². The van der Waals surface area contributed by atoms with E-state index in [1.165, 1.54) is 12.1 Å². The summed E-state index contributed by atoms with van der Waals surface area (Å²) < 4.78 is 52.4. The Morgan fingerprint density at radius 2 is 1.71 bits per heavy atom. The Kier molecular flexibility index (Phi) is 8.49. The fraction of sp³-hybridized carbons (Fsp3) is 0.407. The predicted octanol–water partition coefficient (Wildman–Crippen LogP) is 4.90. The van der Waals surface area contributed by atoms with Crippen LogP contribution in [0.3, 0.4) is 0 Å². The zero-order valence-corrected chi connectivity index (χ0v) is 20.0. The van der Waals surface area contributed by atoms with E-state index in [0.29, 0.717) is 18.7 Å². The number of nitrogens with zero attached hydrogens (tertiary/aromatic N) is 3. The van der Waals surface area contributed by atoms with E-state index in [2.05, 4.69) is 15.9 Å². The van der Waals surface area contributed by atoms with E-state index in [0.717, 1.165) is 69.0 Å². The second kappa shape index (κ2) is 11.7. The molecule has 0 N–H and O–H groups in total. The van der Waals surface area contributed by atoms with Gasteiger partial charge in [0.25, 0.3) is 0 Å². The molecule has 0 radical (unpaired) electrons. The summed E-state index contributed by atoms with van der Waals surface area (Å²) in [7, 11) is 1.66. The zero-order valence-electron chi connectivity index (χ0n) is 20.0. The van der Waals surface area contributed by atoms with Gasteiger partial charge in [-0.1, -0.05) is 24.3 Å². The van der Waals surface area contributed by atoms with Crippen LogP contribution in [0.1, 0.15) is 22.4 Å². The molecule has 2 aromatic carbocycles. The summed E-state index contributed by atoms with van der Waals surface area (Å²) >= 11 is 0. The van der Waals surface area contributed by atoms with Crippen LogP contribution in [0.4, 0.5) is 13.2 Å². The molecule has 0 spiro atoms. The van der Waals surface area contributed by atoms with Gasteiger partial charge >= 0.3 is 6.18 Å². The van der Waals surface area contributed by atoms with Crippen molar-refractivity contribution in [3.63, 3.8) is 0 Å². The average molecular weight is 488 g/mol. The zero-order chi connectivity index (χ0) is 24.7. The van der Waals surface area contributed by atoms with Crippen molar-refractivity contribution in [2.45, 2.75) is 25.8 Å². The van der Waals surface area contributed by atoms with Crippen LogP contribution in [0.2, 0.25) is 0 Å². The highest BCUT2D eigenvalue weighted by Gasteiger charge is 2.30. The standard InChI is InChI=1S/C27H32F3N3O2/c1-34-26-9-3-6-23(18-26)19-32(12-11-31-13-15-35-16-14-31)21-25-8-4-10-33(25)20-22-5-2-7-24(17-22)27(28,29)30/h2-10,17-18H,11-16,19-21H2,1H3. The molecule has 1 aliphatic rings. The van der Waals surface area contributed by atoms with Crippen LogP contribution in [0.25, 0.3) is 0 Å². The van der Waals surface area contributed by atoms with Crippen LogP contribution in [0.5, 0.6) is 5.75 Å². The van der Waals surface area contributed by atoms with Crippen molar-refractivity contribution in [3.05, 3.63) is 89.2 Å². The Bertz CT molecular complexity index is 1080. The second-order valence-corrected chi connectivity index (χ2v) is 8.84. The summed E-state index contributed by atoms with van der Waals surface area (Å²) in [5, 5.41) is 0. The first-order valence-electron chi connectivity index (χ1n) is 11.9. The largest absolute Gasteiger partial charge is 0.497 e. The van der Waals surface area contributed by atoms with Gasteiger partial charge in [0, 0.05) is 57.7 Å². The highest BCUT2D eigenvalue weighted by atomic mass is 19.4. The summed E-state index contributed by atoms with van der Waals surface area (Å²) in [5.74, 6) is 0.823. The van der Waals surface area contributed by atoms with Crippen molar-refractivity contribution in [3.8, 4) is 5.75 Å². The van der Waals surface area contributed by atoms with Crippen molar-refractivity contribution in [2.75, 3.05) is 46.5 Å². The third kappa shape index (κ3) is 7.34. The number of benzene rings is 2. The molecule has 1 aliphatic heterocycles. The maximum absolute atomic E-state index is 13.2. The third-order valence-electron chi connectivity index (χ3n) is 6.29. The fourth-order valence-corrected chi connectivity index (χ4v) is 4.37. The fourth-order valence-electron chi connectivity index (χ4n) is 4.37. The summed E-state index contributed by atoms with van der Waals surface area (Å²) in [6, 6.07) is 17.6. The minimum absolute atomic E-state index is 0.392. The van der Waals surface area contributed by atoms with Crippen molar-refractivity contribution in [1.82, 2.24) is 14.4 Å². The van der Waals surface area contributed by atoms with Gasteiger partial charge in [0.2, 0.25) is 0 Å². The summed E-state index contributed by atoms with van der Waals surface area (Å²) in [4.78, 5) is 4.78. The minimum atomic E-state index is -4.34. The van der Waals surface area contributed by atoms with Crippen molar-refractivity contribution >= 4 is 0 Å². The monoisotopic (exact) mass is 487 g/mol. The number of hydrogen-bond donors (Lipinski definition) is 0. The normalized spacial score (nSPS) is 15.0. The van der Waals surface area contributed by atoms with Crippen LogP contribution >= 0.6 is 0 Å². The van der Waals surface area contributed by atoms with Crippen LogP contribution in [-0.2, 0) is 30.5 Å². The number of alkyl halides is 3. The molecule has 4 rings (SSSR count). The van der Waals surface area contributed by atoms with Gasteiger partial charge in [-0.15, -0.1) is 0 Å². The topological polar surface area (TPSA) is 29.9 Å². The maximum atomic E-state index is 13.2. The smallest absolute Gasteiger partial charge is 0.416 e. The van der Waals surface area contributed by atoms with Crippen molar-refractivity contribution < 1.29 is 22.6 Å². The highest BCUT2D eigenvalue weighted by molar-refractivity contribution is 5.29. The van der Waals surface area contributed by atoms with Crippen LogP contribution < -0.4 is 4.74 Å². The maximum Gasteiger partial charge on any atom is 0.416 e. The average Bonchev–Trinajstić information content (AvgIpc) is 3.29. The lowest BCUT2D eigenvalue weighted by molar-refractivity contribution is -0.137. The molecule has 2 heterocycles. The quantitative estimate of drug-likeness (QED) is 0.407. The van der Waals surface area contributed by atoms with E-state index in [9.17, 15) is 13.2 Å². The molecular formula is C27H32F3N3O2. The first-order valence-corrected chi connectivity index (χ1v) is 11.9. The number of rotatable bonds is 10. The predicted molar refractivity (Wildman–Crippen MR) is 129 cm³/mol. The summed E-state index contributed by atoms with van der Waals surface area (Å²) in [6.45, 7) is 7.00. The Morgan fingerprint density at radius 1 is 0.943 bits per heavy atom. The van der Waals surface area contributed by atoms with Crippen LogP contribution in [0, 0.1) is 0 Å². The van der Waals surface area contributed by atoms with E-state index in [1.54, 1.807) is 13.2 Å². The number of halogens is 3. The molecule has 3 aromatic rings. The van der Waals surface area contributed by atoms with Crippen LogP contribution in [0.15, 0.2) is 66.9 Å². The van der Waals surface area contributed by atoms with Crippen molar-refractivity contribution in [1.29, 1.82) is 0 Å². The Balaban J connectivity index is 1.48. The van der Waals surface area contributed by atoms with E-state index in [4.69, 9.17) is 9.47 Å². The number of hydrogen-bond acceptors (Lipinski definition) is 4. The number of aromatic nitrogens is 1. The molecule has 1 saturated heterocycles. The van der Waals surface area contributed by atoms with Gasteiger partial charge in [-0.2, -0.15) is 13.2 Å².